The first-order valence-corrected chi connectivity index (χ1v) is 10.4. The van der Waals surface area contributed by atoms with E-state index in [4.69, 9.17) is 0 Å². The minimum absolute atomic E-state index is 0.122. The molecule has 10 heteroatoms. The Balaban J connectivity index is 1.85. The average molecular weight is 400 g/mol. The third-order valence-electron chi connectivity index (χ3n) is 4.29. The van der Waals surface area contributed by atoms with E-state index in [1.807, 2.05) is 6.92 Å². The predicted octanol–water partition coefficient (Wildman–Crippen LogP) is 2.25. The summed E-state index contributed by atoms with van der Waals surface area (Å²) in [7, 11) is -3.61. The monoisotopic (exact) mass is 400 g/mol. The quantitative estimate of drug-likeness (QED) is 0.477. The van der Waals surface area contributed by atoms with Crippen molar-refractivity contribution >= 4 is 21.1 Å². The molecule has 0 radical (unpaired) electrons. The highest BCUT2D eigenvalue weighted by molar-refractivity contribution is 7.89. The van der Waals surface area contributed by atoms with Gasteiger partial charge in [-0.15, -0.1) is 0 Å². The highest BCUT2D eigenvalue weighted by Gasteiger charge is 2.20. The zero-order valence-corrected chi connectivity index (χ0v) is 16.1. The number of halogens is 1. The molecule has 4 heterocycles. The number of hydrogen-bond acceptors (Lipinski definition) is 6. The Hall–Kier alpha value is -3.14. The van der Waals surface area contributed by atoms with Crippen molar-refractivity contribution in [3.8, 4) is 11.5 Å². The summed E-state index contributed by atoms with van der Waals surface area (Å²) in [5, 5.41) is 0. The summed E-state index contributed by atoms with van der Waals surface area (Å²) in [6, 6.07) is 6.16. The first kappa shape index (κ1) is 18.2. The van der Waals surface area contributed by atoms with Crippen molar-refractivity contribution in [2.75, 3.05) is 6.26 Å². The fourth-order valence-corrected chi connectivity index (χ4v) is 4.05. The van der Waals surface area contributed by atoms with E-state index in [2.05, 4.69) is 19.9 Å². The highest BCUT2D eigenvalue weighted by Crippen LogP contribution is 2.22. The van der Waals surface area contributed by atoms with Crippen LogP contribution in [0.3, 0.4) is 0 Å². The Labute approximate surface area is 160 Å². The molecule has 0 saturated carbocycles. The highest BCUT2D eigenvalue weighted by atomic mass is 32.2. The Kier molecular flexibility index (Phi) is 4.42. The molecule has 0 atom stereocenters. The average Bonchev–Trinajstić information content (AvgIpc) is 3.24. The fourth-order valence-electron chi connectivity index (χ4n) is 3.07. The molecular formula is C18H17FN6O2S. The molecule has 28 heavy (non-hydrogen) atoms. The molecule has 0 amide bonds. The summed E-state index contributed by atoms with van der Waals surface area (Å²) in [5.41, 5.74) is 2.09. The van der Waals surface area contributed by atoms with Gasteiger partial charge in [0.1, 0.15) is 17.0 Å². The second-order valence-corrected chi connectivity index (χ2v) is 8.13. The van der Waals surface area contributed by atoms with Gasteiger partial charge in [0.25, 0.3) is 0 Å². The summed E-state index contributed by atoms with van der Waals surface area (Å²) in [6.07, 6.45) is 6.60. The van der Waals surface area contributed by atoms with E-state index >= 15 is 0 Å². The molecule has 4 rings (SSSR count). The number of hydrogen-bond donors (Lipinski definition) is 0. The van der Waals surface area contributed by atoms with E-state index in [9.17, 15) is 12.8 Å². The minimum atomic E-state index is -3.61. The number of rotatable bonds is 5. The molecule has 4 aromatic rings. The maximum Gasteiger partial charge on any atom is 0.237 e. The van der Waals surface area contributed by atoms with Crippen LogP contribution in [0.15, 0.2) is 42.9 Å². The van der Waals surface area contributed by atoms with E-state index < -0.39 is 16.0 Å². The fraction of sp³-hybridized carbons (Fsp3) is 0.222. The summed E-state index contributed by atoms with van der Waals surface area (Å²) >= 11 is 0. The third kappa shape index (κ3) is 3.26. The van der Waals surface area contributed by atoms with Crippen LogP contribution in [0.1, 0.15) is 18.4 Å². The molecule has 0 aliphatic carbocycles. The Bertz CT molecular complexity index is 1280. The first-order chi connectivity index (χ1) is 13.4. The van der Waals surface area contributed by atoms with Gasteiger partial charge < -0.3 is 4.57 Å². The maximum absolute atomic E-state index is 13.5. The van der Waals surface area contributed by atoms with E-state index in [-0.39, 0.29) is 6.54 Å². The van der Waals surface area contributed by atoms with Crippen LogP contribution in [-0.4, -0.2) is 43.1 Å². The van der Waals surface area contributed by atoms with Crippen molar-refractivity contribution in [1.82, 2.24) is 28.5 Å². The van der Waals surface area contributed by atoms with Crippen LogP contribution in [-0.2, 0) is 23.0 Å². The molecular weight excluding hydrogens is 383 g/mol. The lowest BCUT2D eigenvalue weighted by atomic mass is 10.3. The number of aromatic nitrogens is 6. The number of pyridine rings is 2. The maximum atomic E-state index is 13.5. The summed E-state index contributed by atoms with van der Waals surface area (Å²) in [6.45, 7) is 2.07. The zero-order chi connectivity index (χ0) is 19.9. The molecule has 0 spiro atoms. The lowest BCUT2D eigenvalue weighted by Gasteiger charge is -2.10. The van der Waals surface area contributed by atoms with E-state index in [1.54, 1.807) is 41.4 Å². The van der Waals surface area contributed by atoms with Crippen LogP contribution >= 0.6 is 0 Å². The molecule has 0 aliphatic heterocycles. The molecule has 0 aliphatic rings. The lowest BCUT2D eigenvalue weighted by Crippen LogP contribution is -2.16. The van der Waals surface area contributed by atoms with Gasteiger partial charge in [-0.05, 0) is 24.6 Å². The number of imidazole rings is 2. The number of nitrogens with zero attached hydrogens (tertiary/aromatic N) is 6. The lowest BCUT2D eigenvalue weighted by molar-refractivity contribution is 0.584. The molecule has 0 N–H and O–H groups in total. The van der Waals surface area contributed by atoms with E-state index in [1.165, 1.54) is 10.0 Å². The van der Waals surface area contributed by atoms with E-state index in [0.29, 0.717) is 34.8 Å². The van der Waals surface area contributed by atoms with Gasteiger partial charge >= 0.3 is 0 Å². The van der Waals surface area contributed by atoms with Crippen molar-refractivity contribution in [1.29, 1.82) is 0 Å². The van der Waals surface area contributed by atoms with E-state index in [0.717, 1.165) is 11.9 Å². The van der Waals surface area contributed by atoms with Gasteiger partial charge in [-0.1, -0.05) is 13.0 Å². The van der Waals surface area contributed by atoms with Crippen LogP contribution in [0, 0.1) is 5.95 Å². The molecule has 4 aromatic heterocycles. The van der Waals surface area contributed by atoms with Crippen molar-refractivity contribution in [2.24, 2.45) is 0 Å². The van der Waals surface area contributed by atoms with Gasteiger partial charge in [-0.3, -0.25) is 4.98 Å². The third-order valence-corrected chi connectivity index (χ3v) is 5.36. The molecule has 0 saturated heterocycles. The zero-order valence-electron chi connectivity index (χ0n) is 15.2. The second-order valence-electron chi connectivity index (χ2n) is 6.30. The van der Waals surface area contributed by atoms with Crippen LogP contribution in [0.4, 0.5) is 4.39 Å². The first-order valence-electron chi connectivity index (χ1n) is 8.57. The standard InChI is InChI=1S/C18H17FN6O2S/c1-3-12-9-15-14(10-21-12)23-17(25(15)28(2,26)27)11-24-8-7-20-18(24)13-5-4-6-16(19)22-13/h4-10H,3,11H2,1-2H3. The van der Waals surface area contributed by atoms with Gasteiger partial charge in [-0.2, -0.15) is 4.39 Å². The normalized spacial score (nSPS) is 12.0. The van der Waals surface area contributed by atoms with Crippen molar-refractivity contribution in [3.63, 3.8) is 0 Å². The predicted molar refractivity (Wildman–Crippen MR) is 102 cm³/mol. The van der Waals surface area contributed by atoms with Gasteiger partial charge in [-0.25, -0.2) is 27.3 Å². The van der Waals surface area contributed by atoms with Gasteiger partial charge in [0.05, 0.1) is 24.5 Å². The SMILES string of the molecule is CCc1cc2c(cn1)nc(Cn1ccnc1-c1cccc(F)n1)n2S(C)(=O)=O. The largest absolute Gasteiger partial charge is 0.322 e. The molecule has 0 aromatic carbocycles. The number of fused-ring (bicyclic) bond motifs is 1. The number of aryl methyl sites for hydroxylation is 1. The van der Waals surface area contributed by atoms with Crippen molar-refractivity contribution in [2.45, 2.75) is 19.9 Å². The summed E-state index contributed by atoms with van der Waals surface area (Å²) in [5.74, 6) is 0.107. The second kappa shape index (κ2) is 6.79. The molecule has 0 bridgehead atoms. The molecule has 8 nitrogen and oxygen atoms in total. The summed E-state index contributed by atoms with van der Waals surface area (Å²) in [4.78, 5) is 16.8. The molecule has 144 valence electrons. The molecule has 0 fully saturated rings. The Morgan fingerprint density at radius 2 is 2.00 bits per heavy atom. The Morgan fingerprint density at radius 3 is 2.71 bits per heavy atom. The van der Waals surface area contributed by atoms with Crippen LogP contribution in [0.25, 0.3) is 22.6 Å². The van der Waals surface area contributed by atoms with Gasteiger partial charge in [0, 0.05) is 18.1 Å². The smallest absolute Gasteiger partial charge is 0.237 e. The Morgan fingerprint density at radius 1 is 1.18 bits per heavy atom. The minimum Gasteiger partial charge on any atom is -0.322 e. The van der Waals surface area contributed by atoms with Crippen LogP contribution < -0.4 is 0 Å². The van der Waals surface area contributed by atoms with Gasteiger partial charge in [0.2, 0.25) is 16.0 Å². The topological polar surface area (TPSA) is 95.6 Å². The van der Waals surface area contributed by atoms with Crippen LogP contribution in [0.5, 0.6) is 0 Å². The van der Waals surface area contributed by atoms with Crippen LogP contribution in [0.2, 0.25) is 0 Å². The molecule has 0 unspecified atom stereocenters. The van der Waals surface area contributed by atoms with Crippen molar-refractivity contribution < 1.29 is 12.8 Å². The summed E-state index contributed by atoms with van der Waals surface area (Å²) < 4.78 is 41.3. The van der Waals surface area contributed by atoms with Gasteiger partial charge in [0.15, 0.2) is 5.82 Å². The van der Waals surface area contributed by atoms with Crippen molar-refractivity contribution in [3.05, 3.63) is 60.3 Å².